The zero-order valence-corrected chi connectivity index (χ0v) is 18.0. The summed E-state index contributed by atoms with van der Waals surface area (Å²) in [6.07, 6.45) is 0. The molecule has 0 saturated heterocycles. The number of carbonyl (C=O) groups is 3. The third-order valence-corrected chi connectivity index (χ3v) is 4.44. The van der Waals surface area contributed by atoms with Crippen LogP contribution in [0.5, 0.6) is 5.75 Å². The molecule has 0 heterocycles. The van der Waals surface area contributed by atoms with Gasteiger partial charge in [0.2, 0.25) is 0 Å². The first-order chi connectivity index (χ1) is 13.1. The monoisotopic (exact) mass is 446 g/mol. The van der Waals surface area contributed by atoms with E-state index in [1.54, 1.807) is 57.2 Å². The molecule has 2 rings (SSSR count). The van der Waals surface area contributed by atoms with Crippen molar-refractivity contribution in [3.05, 3.63) is 64.7 Å². The average Bonchev–Trinajstić information content (AvgIpc) is 2.65. The third kappa shape index (κ3) is 5.76. The van der Waals surface area contributed by atoms with Crippen LogP contribution in [0.1, 0.15) is 52.6 Å². The number of hydrogen-bond donors (Lipinski definition) is 0. The maximum absolute atomic E-state index is 12.5. The molecule has 0 unspecified atom stereocenters. The molecule has 148 valence electrons. The van der Waals surface area contributed by atoms with Crippen LogP contribution in [-0.2, 0) is 16.1 Å². The second kappa shape index (κ2) is 9.15. The topological polar surface area (TPSA) is 69.7 Å². The first-order valence-corrected chi connectivity index (χ1v) is 9.92. The number of rotatable bonds is 6. The van der Waals surface area contributed by atoms with Gasteiger partial charge in [-0.25, -0.2) is 4.79 Å². The van der Waals surface area contributed by atoms with Crippen molar-refractivity contribution < 1.29 is 23.9 Å². The molecule has 6 heteroatoms. The van der Waals surface area contributed by atoms with Gasteiger partial charge in [-0.2, -0.15) is 0 Å². The molecule has 0 atom stereocenters. The summed E-state index contributed by atoms with van der Waals surface area (Å²) in [4.78, 5) is 36.6. The minimum atomic E-state index is -0.665. The van der Waals surface area contributed by atoms with E-state index >= 15 is 0 Å². The largest absolute Gasteiger partial charge is 0.460 e. The van der Waals surface area contributed by atoms with Gasteiger partial charge in [0, 0.05) is 11.1 Å². The van der Waals surface area contributed by atoms with Gasteiger partial charge in [0.1, 0.15) is 12.4 Å². The fraction of sp³-hybridized carbons (Fsp3) is 0.318. The second-order valence-electron chi connectivity index (χ2n) is 7.46. The van der Waals surface area contributed by atoms with Crippen molar-refractivity contribution in [2.24, 2.45) is 5.41 Å². The van der Waals surface area contributed by atoms with Crippen LogP contribution in [0, 0.1) is 12.3 Å². The summed E-state index contributed by atoms with van der Waals surface area (Å²) in [5.41, 5.74) is 1.58. The molecule has 0 aliphatic rings. The summed E-state index contributed by atoms with van der Waals surface area (Å²) in [7, 11) is 0. The van der Waals surface area contributed by atoms with Gasteiger partial charge in [-0.15, -0.1) is 0 Å². The summed E-state index contributed by atoms with van der Waals surface area (Å²) >= 11 is 3.14. The van der Waals surface area contributed by atoms with Crippen molar-refractivity contribution in [1.82, 2.24) is 0 Å². The Morgan fingerprint density at radius 1 is 1.00 bits per heavy atom. The zero-order chi connectivity index (χ0) is 20.9. The number of Topliss-reactive ketones (excluding diaryl/α,β-unsaturated/α-hetero) is 1. The van der Waals surface area contributed by atoms with Crippen LogP contribution in [0.25, 0.3) is 0 Å². The lowest BCUT2D eigenvalue weighted by molar-refractivity contribution is -0.154. The summed E-state index contributed by atoms with van der Waals surface area (Å²) in [5.74, 6) is -0.786. The Hall–Kier alpha value is -2.47. The van der Waals surface area contributed by atoms with Gasteiger partial charge in [0.05, 0.1) is 16.3 Å². The van der Waals surface area contributed by atoms with E-state index in [1.165, 1.54) is 0 Å². The van der Waals surface area contributed by atoms with Crippen LogP contribution in [-0.4, -0.2) is 23.1 Å². The molecule has 28 heavy (non-hydrogen) atoms. The van der Waals surface area contributed by atoms with Crippen molar-refractivity contribution >= 4 is 33.7 Å². The lowest BCUT2D eigenvalue weighted by Crippen LogP contribution is -2.23. The average molecular weight is 447 g/mol. The molecule has 0 aliphatic heterocycles. The van der Waals surface area contributed by atoms with E-state index in [0.717, 1.165) is 5.56 Å². The van der Waals surface area contributed by atoms with Crippen molar-refractivity contribution in [3.8, 4) is 5.75 Å². The minimum Gasteiger partial charge on any atom is -0.460 e. The van der Waals surface area contributed by atoms with E-state index in [9.17, 15) is 14.4 Å². The summed E-state index contributed by atoms with van der Waals surface area (Å²) < 4.78 is 10.9. The molecule has 0 spiro atoms. The number of aryl methyl sites for hydroxylation is 1. The van der Waals surface area contributed by atoms with E-state index in [1.807, 2.05) is 13.0 Å². The van der Waals surface area contributed by atoms with Gasteiger partial charge < -0.3 is 9.47 Å². The number of carbonyl (C=O) groups excluding carboxylic acids is 3. The van der Waals surface area contributed by atoms with Crippen LogP contribution in [0.15, 0.2) is 42.5 Å². The lowest BCUT2D eigenvalue weighted by atomic mass is 9.97. The van der Waals surface area contributed by atoms with Gasteiger partial charge in [0.15, 0.2) is 5.78 Å². The van der Waals surface area contributed by atoms with E-state index in [-0.39, 0.29) is 29.4 Å². The van der Waals surface area contributed by atoms with Crippen LogP contribution in [0.2, 0.25) is 0 Å². The van der Waals surface area contributed by atoms with Crippen molar-refractivity contribution in [3.63, 3.8) is 0 Å². The van der Waals surface area contributed by atoms with Crippen LogP contribution in [0.4, 0.5) is 0 Å². The highest BCUT2D eigenvalue weighted by Crippen LogP contribution is 2.25. The Morgan fingerprint density at radius 2 is 1.71 bits per heavy atom. The fourth-order valence-corrected chi connectivity index (χ4v) is 2.66. The summed E-state index contributed by atoms with van der Waals surface area (Å²) in [6, 6.07) is 11.8. The van der Waals surface area contributed by atoms with Gasteiger partial charge in [0.25, 0.3) is 0 Å². The maximum Gasteiger partial charge on any atom is 0.343 e. The fourth-order valence-electron chi connectivity index (χ4n) is 2.33. The highest BCUT2D eigenvalue weighted by Gasteiger charge is 2.24. The van der Waals surface area contributed by atoms with Crippen molar-refractivity contribution in [2.45, 2.75) is 34.3 Å². The Morgan fingerprint density at radius 3 is 2.32 bits per heavy atom. The quantitative estimate of drug-likeness (QED) is 0.273. The highest BCUT2D eigenvalue weighted by molar-refractivity contribution is 9.09. The number of esters is 2. The van der Waals surface area contributed by atoms with Crippen LogP contribution < -0.4 is 4.74 Å². The van der Waals surface area contributed by atoms with Gasteiger partial charge in [-0.1, -0.05) is 33.6 Å². The number of halogens is 1. The normalized spacial score (nSPS) is 11.0. The third-order valence-electron chi connectivity index (χ3n) is 3.93. The number of ether oxygens (including phenoxy) is 2. The van der Waals surface area contributed by atoms with E-state index in [2.05, 4.69) is 15.9 Å². The summed E-state index contributed by atoms with van der Waals surface area (Å²) in [6.45, 7) is 7.03. The predicted octanol–water partition coefficient (Wildman–Crippen LogP) is 4.88. The Kier molecular flexibility index (Phi) is 7.13. The molecule has 0 aromatic heterocycles. The van der Waals surface area contributed by atoms with E-state index in [4.69, 9.17) is 9.47 Å². The Bertz CT molecular complexity index is 896. The molecule has 0 aliphatic carbocycles. The maximum atomic E-state index is 12.5. The molecule has 0 amide bonds. The number of benzene rings is 2. The second-order valence-corrected chi connectivity index (χ2v) is 8.03. The molecule has 0 bridgehead atoms. The number of alkyl halides is 1. The van der Waals surface area contributed by atoms with Gasteiger partial charge in [-0.3, -0.25) is 9.59 Å². The molecule has 0 fully saturated rings. The number of hydrogen-bond acceptors (Lipinski definition) is 5. The first-order valence-electron chi connectivity index (χ1n) is 8.80. The molecule has 0 N–H and O–H groups in total. The molecule has 0 radical (unpaired) electrons. The predicted molar refractivity (Wildman–Crippen MR) is 110 cm³/mol. The SMILES string of the molecule is Cc1cccc(C(=O)Oc2ccc(C(=O)CBr)cc2COC(=O)C(C)(C)C)c1. The smallest absolute Gasteiger partial charge is 0.343 e. The molecule has 2 aromatic carbocycles. The molecule has 5 nitrogen and oxygen atoms in total. The Labute approximate surface area is 173 Å². The Balaban J connectivity index is 2.30. The van der Waals surface area contributed by atoms with Crippen LogP contribution in [0.3, 0.4) is 0 Å². The standard InChI is InChI=1S/C22H23BrO5/c1-14-6-5-7-16(10-14)20(25)28-19-9-8-15(18(24)12-23)11-17(19)13-27-21(26)22(2,3)4/h5-11H,12-13H2,1-4H3. The zero-order valence-electron chi connectivity index (χ0n) is 16.4. The van der Waals surface area contributed by atoms with E-state index < -0.39 is 11.4 Å². The van der Waals surface area contributed by atoms with Gasteiger partial charge >= 0.3 is 11.9 Å². The molecular formula is C22H23BrO5. The molecule has 2 aromatic rings. The van der Waals surface area contributed by atoms with Crippen molar-refractivity contribution in [1.29, 1.82) is 0 Å². The molecular weight excluding hydrogens is 424 g/mol. The van der Waals surface area contributed by atoms with Crippen LogP contribution >= 0.6 is 15.9 Å². The lowest BCUT2D eigenvalue weighted by Gasteiger charge is -2.18. The highest BCUT2D eigenvalue weighted by atomic mass is 79.9. The molecule has 0 saturated carbocycles. The van der Waals surface area contributed by atoms with Gasteiger partial charge in [-0.05, 0) is 58.0 Å². The van der Waals surface area contributed by atoms with Crippen molar-refractivity contribution in [2.75, 3.05) is 5.33 Å². The first kappa shape index (κ1) is 21.8. The summed E-state index contributed by atoms with van der Waals surface area (Å²) in [5, 5.41) is 0.163. The minimum absolute atomic E-state index is 0.101. The number of ketones is 1. The van der Waals surface area contributed by atoms with E-state index in [0.29, 0.717) is 16.7 Å².